The standard InChI is InChI=1S/C9H14BrNS2/c1-7(11-4-6-12-2)9-8(10)3-5-13-9/h3,5,7,11H,4,6H2,1-2H3. The molecule has 74 valence electrons. The van der Waals surface area contributed by atoms with Gasteiger partial charge in [-0.1, -0.05) is 0 Å². The normalized spacial score (nSPS) is 13.2. The van der Waals surface area contributed by atoms with Crippen molar-refractivity contribution in [1.29, 1.82) is 0 Å². The van der Waals surface area contributed by atoms with E-state index in [1.54, 1.807) is 11.3 Å². The molecule has 1 aromatic heterocycles. The highest BCUT2D eigenvalue weighted by Gasteiger charge is 2.08. The van der Waals surface area contributed by atoms with Crippen LogP contribution in [0.3, 0.4) is 0 Å². The molecular weight excluding hydrogens is 266 g/mol. The zero-order valence-electron chi connectivity index (χ0n) is 7.84. The van der Waals surface area contributed by atoms with Gasteiger partial charge in [0.25, 0.3) is 0 Å². The smallest absolute Gasteiger partial charge is 0.0397 e. The molecule has 0 aliphatic carbocycles. The van der Waals surface area contributed by atoms with Gasteiger partial charge in [-0.2, -0.15) is 11.8 Å². The van der Waals surface area contributed by atoms with E-state index in [-0.39, 0.29) is 0 Å². The van der Waals surface area contributed by atoms with Gasteiger partial charge in [-0.25, -0.2) is 0 Å². The van der Waals surface area contributed by atoms with Crippen molar-refractivity contribution < 1.29 is 0 Å². The van der Waals surface area contributed by atoms with Crippen molar-refractivity contribution in [1.82, 2.24) is 5.32 Å². The van der Waals surface area contributed by atoms with Crippen LogP contribution < -0.4 is 5.32 Å². The first-order valence-corrected chi connectivity index (χ1v) is 7.27. The van der Waals surface area contributed by atoms with Crippen molar-refractivity contribution >= 4 is 39.0 Å². The second kappa shape index (κ2) is 6.06. The second-order valence-corrected chi connectivity index (χ2v) is 5.59. The van der Waals surface area contributed by atoms with Gasteiger partial charge in [0, 0.05) is 27.7 Å². The summed E-state index contributed by atoms with van der Waals surface area (Å²) in [5, 5.41) is 5.60. The van der Waals surface area contributed by atoms with Crippen molar-refractivity contribution in [3.05, 3.63) is 20.8 Å². The van der Waals surface area contributed by atoms with E-state index in [1.165, 1.54) is 15.1 Å². The van der Waals surface area contributed by atoms with Crippen LogP contribution in [0.25, 0.3) is 0 Å². The van der Waals surface area contributed by atoms with E-state index < -0.39 is 0 Å². The van der Waals surface area contributed by atoms with Crippen LogP contribution in [-0.4, -0.2) is 18.6 Å². The maximum Gasteiger partial charge on any atom is 0.0397 e. The maximum atomic E-state index is 3.54. The third kappa shape index (κ3) is 3.62. The average molecular weight is 280 g/mol. The van der Waals surface area contributed by atoms with Crippen molar-refractivity contribution in [3.8, 4) is 0 Å². The fourth-order valence-corrected chi connectivity index (χ4v) is 3.16. The molecule has 1 unspecified atom stereocenters. The lowest BCUT2D eigenvalue weighted by Crippen LogP contribution is -2.20. The fraction of sp³-hybridized carbons (Fsp3) is 0.556. The topological polar surface area (TPSA) is 12.0 Å². The van der Waals surface area contributed by atoms with E-state index in [0.29, 0.717) is 6.04 Å². The van der Waals surface area contributed by atoms with Crippen molar-refractivity contribution in [2.24, 2.45) is 0 Å². The summed E-state index contributed by atoms with van der Waals surface area (Å²) < 4.78 is 1.22. The van der Waals surface area contributed by atoms with Gasteiger partial charge >= 0.3 is 0 Å². The third-order valence-corrected chi connectivity index (χ3v) is 4.46. The Hall–Kier alpha value is 0.490. The monoisotopic (exact) mass is 279 g/mol. The number of halogens is 1. The van der Waals surface area contributed by atoms with Crippen LogP contribution in [0, 0.1) is 0 Å². The summed E-state index contributed by atoms with van der Waals surface area (Å²) in [6, 6.07) is 2.56. The van der Waals surface area contributed by atoms with Gasteiger partial charge in [0.05, 0.1) is 0 Å². The first kappa shape index (κ1) is 11.6. The molecule has 1 nitrogen and oxygen atoms in total. The van der Waals surface area contributed by atoms with Crippen LogP contribution in [0.4, 0.5) is 0 Å². The van der Waals surface area contributed by atoms with Crippen molar-refractivity contribution in [3.63, 3.8) is 0 Å². The summed E-state index contributed by atoms with van der Waals surface area (Å²) in [6.45, 7) is 3.28. The maximum absolute atomic E-state index is 3.54. The number of rotatable bonds is 5. The molecule has 13 heavy (non-hydrogen) atoms. The summed E-state index contributed by atoms with van der Waals surface area (Å²) in [5.74, 6) is 1.17. The third-order valence-electron chi connectivity index (χ3n) is 1.79. The molecule has 0 spiro atoms. The van der Waals surface area contributed by atoms with Crippen LogP contribution in [0.2, 0.25) is 0 Å². The molecule has 1 heterocycles. The molecule has 4 heteroatoms. The molecule has 0 aromatic carbocycles. The molecule has 0 amide bonds. The van der Waals surface area contributed by atoms with Gasteiger partial charge in [0.15, 0.2) is 0 Å². The number of hydrogen-bond donors (Lipinski definition) is 1. The Labute approximate surface area is 96.4 Å². The van der Waals surface area contributed by atoms with Crippen LogP contribution in [0.1, 0.15) is 17.8 Å². The zero-order valence-corrected chi connectivity index (χ0v) is 11.1. The molecule has 0 aliphatic heterocycles. The van der Waals surface area contributed by atoms with E-state index in [2.05, 4.69) is 45.9 Å². The highest BCUT2D eigenvalue weighted by molar-refractivity contribution is 9.10. The lowest BCUT2D eigenvalue weighted by Gasteiger charge is -2.11. The van der Waals surface area contributed by atoms with Crippen molar-refractivity contribution in [2.45, 2.75) is 13.0 Å². The lowest BCUT2D eigenvalue weighted by molar-refractivity contribution is 0.609. The molecule has 0 saturated heterocycles. The second-order valence-electron chi connectivity index (χ2n) is 2.80. The average Bonchev–Trinajstić information content (AvgIpc) is 2.52. The van der Waals surface area contributed by atoms with Gasteiger partial charge in [0.2, 0.25) is 0 Å². The van der Waals surface area contributed by atoms with Crippen LogP contribution >= 0.6 is 39.0 Å². The highest BCUT2D eigenvalue weighted by Crippen LogP contribution is 2.28. The molecule has 1 atom stereocenters. The molecule has 1 aromatic rings. The van der Waals surface area contributed by atoms with E-state index in [4.69, 9.17) is 0 Å². The number of thiophene rings is 1. The van der Waals surface area contributed by atoms with E-state index >= 15 is 0 Å². The molecule has 0 radical (unpaired) electrons. The van der Waals surface area contributed by atoms with Crippen molar-refractivity contribution in [2.75, 3.05) is 18.6 Å². The molecule has 0 fully saturated rings. The Bertz CT molecular complexity index is 250. The Morgan fingerprint density at radius 2 is 2.46 bits per heavy atom. The molecule has 1 N–H and O–H groups in total. The fourth-order valence-electron chi connectivity index (χ4n) is 1.08. The van der Waals surface area contributed by atoms with Gasteiger partial charge in [-0.05, 0) is 40.6 Å². The summed E-state index contributed by atoms with van der Waals surface area (Å²) in [6.07, 6.45) is 2.13. The number of nitrogens with one attached hydrogen (secondary N) is 1. The molecule has 1 rings (SSSR count). The summed E-state index contributed by atoms with van der Waals surface area (Å²) in [5.41, 5.74) is 0. The predicted molar refractivity (Wildman–Crippen MR) is 66.8 cm³/mol. The predicted octanol–water partition coefficient (Wildman–Crippen LogP) is 3.52. The summed E-state index contributed by atoms with van der Waals surface area (Å²) in [7, 11) is 0. The van der Waals surface area contributed by atoms with E-state index in [9.17, 15) is 0 Å². The Kier molecular flexibility index (Phi) is 5.39. The van der Waals surface area contributed by atoms with Gasteiger partial charge in [-0.3, -0.25) is 0 Å². The van der Waals surface area contributed by atoms with E-state index in [0.717, 1.165) is 6.54 Å². The van der Waals surface area contributed by atoms with Crippen LogP contribution in [-0.2, 0) is 0 Å². The largest absolute Gasteiger partial charge is 0.309 e. The Balaban J connectivity index is 2.39. The summed E-state index contributed by atoms with van der Waals surface area (Å²) in [4.78, 5) is 1.39. The van der Waals surface area contributed by atoms with E-state index in [1.807, 2.05) is 11.8 Å². The van der Waals surface area contributed by atoms with Gasteiger partial charge in [0.1, 0.15) is 0 Å². The first-order chi connectivity index (χ1) is 6.25. The number of hydrogen-bond acceptors (Lipinski definition) is 3. The highest BCUT2D eigenvalue weighted by atomic mass is 79.9. The Morgan fingerprint density at radius 1 is 1.69 bits per heavy atom. The quantitative estimate of drug-likeness (QED) is 0.828. The minimum absolute atomic E-state index is 0.460. The van der Waals surface area contributed by atoms with Gasteiger partial charge < -0.3 is 5.32 Å². The first-order valence-electron chi connectivity index (χ1n) is 4.21. The molecule has 0 bridgehead atoms. The van der Waals surface area contributed by atoms with Crippen LogP contribution in [0.5, 0.6) is 0 Å². The molecule has 0 aliphatic rings. The zero-order chi connectivity index (χ0) is 9.68. The minimum Gasteiger partial charge on any atom is -0.309 e. The minimum atomic E-state index is 0.460. The number of thioether (sulfide) groups is 1. The van der Waals surface area contributed by atoms with Crippen LogP contribution in [0.15, 0.2) is 15.9 Å². The summed E-state index contributed by atoms with van der Waals surface area (Å²) >= 11 is 7.21. The SMILES string of the molecule is CSCCNC(C)c1sccc1Br. The van der Waals surface area contributed by atoms with Gasteiger partial charge in [-0.15, -0.1) is 11.3 Å². The molecular formula is C9H14BrNS2. The Morgan fingerprint density at radius 3 is 3.00 bits per heavy atom. The molecule has 0 saturated carbocycles. The lowest BCUT2D eigenvalue weighted by atomic mass is 10.3.